The van der Waals surface area contributed by atoms with Crippen LogP contribution in [0.25, 0.3) is 0 Å². The summed E-state index contributed by atoms with van der Waals surface area (Å²) in [5.74, 6) is 0. The number of hydrogen-bond acceptors (Lipinski definition) is 2. The molecule has 0 saturated carbocycles. The van der Waals surface area contributed by atoms with Gasteiger partial charge in [0.1, 0.15) is 0 Å². The van der Waals surface area contributed by atoms with Crippen molar-refractivity contribution in [2.75, 3.05) is 5.73 Å². The van der Waals surface area contributed by atoms with Gasteiger partial charge in [-0.2, -0.15) is 0 Å². The van der Waals surface area contributed by atoms with E-state index in [2.05, 4.69) is 12.3 Å². The highest BCUT2D eigenvalue weighted by Gasteiger charge is 1.98. The minimum absolute atomic E-state index is 0.978. The van der Waals surface area contributed by atoms with Gasteiger partial charge in [0.05, 0.1) is 0 Å². The normalized spacial score (nSPS) is 10.3. The van der Waals surface area contributed by atoms with E-state index in [-0.39, 0.29) is 0 Å². The third-order valence-corrected chi connectivity index (χ3v) is 2.78. The number of anilines is 1. The first kappa shape index (κ1) is 8.60. The van der Waals surface area contributed by atoms with Crippen molar-refractivity contribution in [2.24, 2.45) is 0 Å². The molecule has 62 valence electrons. The summed E-state index contributed by atoms with van der Waals surface area (Å²) in [6.45, 7) is 2.22. The summed E-state index contributed by atoms with van der Waals surface area (Å²) in [6, 6.07) is 1.99. The Morgan fingerprint density at radius 3 is 2.82 bits per heavy atom. The van der Waals surface area contributed by atoms with Crippen LogP contribution in [0.2, 0.25) is 0 Å². The van der Waals surface area contributed by atoms with Crippen LogP contribution >= 0.6 is 11.3 Å². The van der Waals surface area contributed by atoms with E-state index < -0.39 is 0 Å². The molecule has 0 aliphatic rings. The molecule has 2 heteroatoms. The van der Waals surface area contributed by atoms with Crippen LogP contribution in [0.3, 0.4) is 0 Å². The quantitative estimate of drug-likeness (QED) is 0.689. The van der Waals surface area contributed by atoms with E-state index >= 15 is 0 Å². The van der Waals surface area contributed by atoms with Crippen molar-refractivity contribution >= 4 is 17.0 Å². The van der Waals surface area contributed by atoms with Crippen molar-refractivity contribution in [3.8, 4) is 0 Å². The lowest BCUT2D eigenvalue weighted by Crippen LogP contribution is -1.88. The molecule has 0 aromatic carbocycles. The fraction of sp³-hybridized carbons (Fsp3) is 0.556. The summed E-state index contributed by atoms with van der Waals surface area (Å²) in [6.07, 6.45) is 5.04. The van der Waals surface area contributed by atoms with Crippen LogP contribution in [0.1, 0.15) is 31.1 Å². The van der Waals surface area contributed by atoms with E-state index in [1.807, 2.05) is 6.07 Å². The van der Waals surface area contributed by atoms with Gasteiger partial charge in [0.15, 0.2) is 0 Å². The van der Waals surface area contributed by atoms with Crippen LogP contribution in [0.5, 0.6) is 0 Å². The molecule has 1 aromatic rings. The molecule has 0 fully saturated rings. The zero-order valence-electron chi connectivity index (χ0n) is 6.97. The minimum atomic E-state index is 0.978. The second kappa shape index (κ2) is 4.39. The van der Waals surface area contributed by atoms with E-state index in [0.717, 1.165) is 12.1 Å². The van der Waals surface area contributed by atoms with Crippen LogP contribution in [0.4, 0.5) is 5.69 Å². The molecule has 0 bridgehead atoms. The molecule has 11 heavy (non-hydrogen) atoms. The van der Waals surface area contributed by atoms with Gasteiger partial charge in [0, 0.05) is 10.6 Å². The van der Waals surface area contributed by atoms with E-state index in [0.29, 0.717) is 0 Å². The van der Waals surface area contributed by atoms with Crippen LogP contribution in [-0.4, -0.2) is 0 Å². The van der Waals surface area contributed by atoms with E-state index in [4.69, 9.17) is 5.73 Å². The topological polar surface area (TPSA) is 26.0 Å². The standard InChI is InChI=1S/C9H15NS/c1-2-3-4-5-9-8(10)6-7-11-9/h6-7H,2-5,10H2,1H3. The lowest BCUT2D eigenvalue weighted by Gasteiger charge is -1.97. The molecule has 1 heterocycles. The van der Waals surface area contributed by atoms with Gasteiger partial charge >= 0.3 is 0 Å². The van der Waals surface area contributed by atoms with Crippen LogP contribution in [-0.2, 0) is 6.42 Å². The third kappa shape index (κ3) is 2.54. The monoisotopic (exact) mass is 169 g/mol. The molecule has 0 spiro atoms. The number of unbranched alkanes of at least 4 members (excludes halogenated alkanes) is 2. The van der Waals surface area contributed by atoms with Gasteiger partial charge in [0.25, 0.3) is 0 Å². The Bertz CT molecular complexity index is 205. The number of nitrogen functional groups attached to an aromatic ring is 1. The molecule has 0 aliphatic heterocycles. The maximum absolute atomic E-state index is 5.73. The summed E-state index contributed by atoms with van der Waals surface area (Å²) >= 11 is 1.77. The number of thiophene rings is 1. The average Bonchev–Trinajstić information content (AvgIpc) is 2.37. The summed E-state index contributed by atoms with van der Waals surface area (Å²) < 4.78 is 0. The largest absolute Gasteiger partial charge is 0.398 e. The van der Waals surface area contributed by atoms with Gasteiger partial charge in [0.2, 0.25) is 0 Å². The number of nitrogens with two attached hydrogens (primary N) is 1. The summed E-state index contributed by atoms with van der Waals surface area (Å²) in [5, 5.41) is 2.07. The maximum Gasteiger partial charge on any atom is 0.0455 e. The molecule has 2 N–H and O–H groups in total. The van der Waals surface area contributed by atoms with Crippen molar-refractivity contribution in [2.45, 2.75) is 32.6 Å². The van der Waals surface area contributed by atoms with Crippen molar-refractivity contribution in [3.63, 3.8) is 0 Å². The van der Waals surface area contributed by atoms with Gasteiger partial charge in [-0.1, -0.05) is 19.8 Å². The molecular formula is C9H15NS. The molecule has 0 atom stereocenters. The van der Waals surface area contributed by atoms with Gasteiger partial charge in [-0.3, -0.25) is 0 Å². The SMILES string of the molecule is CCCCCc1sccc1N. The molecule has 0 saturated heterocycles. The summed E-state index contributed by atoms with van der Waals surface area (Å²) in [4.78, 5) is 1.36. The second-order valence-electron chi connectivity index (χ2n) is 2.76. The zero-order chi connectivity index (χ0) is 8.10. The molecule has 0 amide bonds. The predicted molar refractivity (Wildman–Crippen MR) is 52.0 cm³/mol. The van der Waals surface area contributed by atoms with E-state index in [9.17, 15) is 0 Å². The van der Waals surface area contributed by atoms with Crippen LogP contribution in [0.15, 0.2) is 11.4 Å². The van der Waals surface area contributed by atoms with Crippen molar-refractivity contribution < 1.29 is 0 Å². The van der Waals surface area contributed by atoms with Gasteiger partial charge < -0.3 is 5.73 Å². The van der Waals surface area contributed by atoms with Crippen LogP contribution < -0.4 is 5.73 Å². The molecule has 1 aromatic heterocycles. The highest BCUT2D eigenvalue weighted by atomic mass is 32.1. The van der Waals surface area contributed by atoms with Crippen molar-refractivity contribution in [3.05, 3.63) is 16.3 Å². The molecule has 0 unspecified atom stereocenters. The van der Waals surface area contributed by atoms with Crippen molar-refractivity contribution in [1.29, 1.82) is 0 Å². The zero-order valence-corrected chi connectivity index (χ0v) is 7.79. The third-order valence-electron chi connectivity index (χ3n) is 1.79. The first-order valence-corrected chi connectivity index (χ1v) is 5.04. The molecule has 0 aliphatic carbocycles. The first-order valence-electron chi connectivity index (χ1n) is 4.16. The fourth-order valence-corrected chi connectivity index (χ4v) is 1.93. The predicted octanol–water partition coefficient (Wildman–Crippen LogP) is 3.06. The highest BCUT2D eigenvalue weighted by Crippen LogP contribution is 2.20. The van der Waals surface area contributed by atoms with Crippen molar-refractivity contribution in [1.82, 2.24) is 0 Å². The van der Waals surface area contributed by atoms with E-state index in [1.165, 1.54) is 24.1 Å². The Labute approximate surface area is 72.2 Å². The van der Waals surface area contributed by atoms with Crippen LogP contribution in [0, 0.1) is 0 Å². The Morgan fingerprint density at radius 2 is 2.27 bits per heavy atom. The molecule has 0 radical (unpaired) electrons. The average molecular weight is 169 g/mol. The Morgan fingerprint density at radius 1 is 1.45 bits per heavy atom. The number of rotatable bonds is 4. The Kier molecular flexibility index (Phi) is 3.43. The summed E-state index contributed by atoms with van der Waals surface area (Å²) in [7, 11) is 0. The lowest BCUT2D eigenvalue weighted by molar-refractivity contribution is 0.723. The smallest absolute Gasteiger partial charge is 0.0455 e. The summed E-state index contributed by atoms with van der Waals surface area (Å²) in [5.41, 5.74) is 6.71. The molecule has 1 nitrogen and oxygen atoms in total. The Balaban J connectivity index is 2.32. The number of hydrogen-bond donors (Lipinski definition) is 1. The maximum atomic E-state index is 5.73. The molecule has 1 rings (SSSR count). The highest BCUT2D eigenvalue weighted by molar-refractivity contribution is 7.10. The van der Waals surface area contributed by atoms with Gasteiger partial charge in [-0.05, 0) is 24.3 Å². The van der Waals surface area contributed by atoms with Gasteiger partial charge in [-0.25, -0.2) is 0 Å². The van der Waals surface area contributed by atoms with Gasteiger partial charge in [-0.15, -0.1) is 11.3 Å². The lowest BCUT2D eigenvalue weighted by atomic mass is 10.2. The molecular weight excluding hydrogens is 154 g/mol. The Hall–Kier alpha value is -0.500. The second-order valence-corrected chi connectivity index (χ2v) is 3.76. The minimum Gasteiger partial charge on any atom is -0.398 e. The first-order chi connectivity index (χ1) is 5.34. The number of aryl methyl sites for hydroxylation is 1. The van der Waals surface area contributed by atoms with E-state index in [1.54, 1.807) is 11.3 Å². The fourth-order valence-electron chi connectivity index (χ4n) is 1.09.